The van der Waals surface area contributed by atoms with Crippen molar-refractivity contribution in [3.05, 3.63) is 29.3 Å². The molecule has 0 aromatic heterocycles. The predicted octanol–water partition coefficient (Wildman–Crippen LogP) is 2.81. The number of ether oxygens (including phenoxy) is 1. The lowest BCUT2D eigenvalue weighted by molar-refractivity contribution is 0.503. The Balaban J connectivity index is 2.86. The van der Waals surface area contributed by atoms with Gasteiger partial charge in [-0.25, -0.2) is 0 Å². The molecule has 0 saturated heterocycles. The molecule has 0 amide bonds. The highest BCUT2D eigenvalue weighted by atomic mass is 16.5. The molecule has 0 aliphatic rings. The fourth-order valence-corrected chi connectivity index (χ4v) is 1.32. The van der Waals surface area contributed by atoms with E-state index in [2.05, 4.69) is 13.0 Å². The molecule has 0 unspecified atom stereocenters. The fourth-order valence-electron chi connectivity index (χ4n) is 1.32. The van der Waals surface area contributed by atoms with Crippen LogP contribution >= 0.6 is 0 Å². The van der Waals surface area contributed by atoms with Crippen molar-refractivity contribution in [1.29, 1.82) is 5.26 Å². The van der Waals surface area contributed by atoms with E-state index < -0.39 is 0 Å². The van der Waals surface area contributed by atoms with E-state index in [-0.39, 0.29) is 0 Å². The van der Waals surface area contributed by atoms with Crippen LogP contribution in [0, 0.1) is 18.4 Å². The van der Waals surface area contributed by atoms with Gasteiger partial charge in [-0.15, -0.1) is 5.26 Å². The number of nitriles is 1. The molecule has 0 aliphatic heterocycles. The molecule has 1 aromatic carbocycles. The van der Waals surface area contributed by atoms with Crippen molar-refractivity contribution in [3.8, 4) is 12.0 Å². The Morgan fingerprint density at radius 1 is 1.46 bits per heavy atom. The molecule has 0 saturated carbocycles. The van der Waals surface area contributed by atoms with Crippen molar-refractivity contribution in [2.45, 2.75) is 26.7 Å². The van der Waals surface area contributed by atoms with Gasteiger partial charge in [0, 0.05) is 0 Å². The van der Waals surface area contributed by atoms with Gasteiger partial charge >= 0.3 is 0 Å². The summed E-state index contributed by atoms with van der Waals surface area (Å²) in [7, 11) is 0. The highest BCUT2D eigenvalue weighted by Crippen LogP contribution is 2.19. The first kappa shape index (κ1) is 9.60. The van der Waals surface area contributed by atoms with Crippen LogP contribution in [-0.2, 0) is 6.42 Å². The van der Waals surface area contributed by atoms with Gasteiger partial charge in [0.15, 0.2) is 0 Å². The minimum Gasteiger partial charge on any atom is -0.388 e. The lowest BCUT2D eigenvalue weighted by Gasteiger charge is -2.04. The Morgan fingerprint density at radius 2 is 2.23 bits per heavy atom. The van der Waals surface area contributed by atoms with Crippen LogP contribution in [0.15, 0.2) is 18.2 Å². The molecule has 0 bridgehead atoms. The highest BCUT2D eigenvalue weighted by Gasteiger charge is 2.00. The monoisotopic (exact) mass is 175 g/mol. The number of nitrogens with zero attached hydrogens (tertiary/aromatic N) is 1. The van der Waals surface area contributed by atoms with E-state index >= 15 is 0 Å². The van der Waals surface area contributed by atoms with Gasteiger partial charge in [-0.05, 0) is 30.5 Å². The molecule has 0 aliphatic carbocycles. The topological polar surface area (TPSA) is 33.0 Å². The molecule has 0 heterocycles. The Kier molecular flexibility index (Phi) is 3.33. The Labute approximate surface area is 78.8 Å². The molecule has 0 spiro atoms. The molecule has 1 aromatic rings. The number of aryl methyl sites for hydroxylation is 2. The zero-order chi connectivity index (χ0) is 9.68. The van der Waals surface area contributed by atoms with Crippen molar-refractivity contribution >= 4 is 0 Å². The number of rotatable bonds is 3. The van der Waals surface area contributed by atoms with Crippen molar-refractivity contribution in [3.63, 3.8) is 0 Å². The number of benzene rings is 1. The molecule has 0 N–H and O–H groups in total. The Morgan fingerprint density at radius 3 is 2.77 bits per heavy atom. The zero-order valence-electron chi connectivity index (χ0n) is 8.00. The summed E-state index contributed by atoms with van der Waals surface area (Å²) in [6, 6.07) is 5.92. The summed E-state index contributed by atoms with van der Waals surface area (Å²) in [4.78, 5) is 0. The van der Waals surface area contributed by atoms with Crippen LogP contribution in [0.4, 0.5) is 0 Å². The third-order valence-corrected chi connectivity index (χ3v) is 1.93. The summed E-state index contributed by atoms with van der Waals surface area (Å²) >= 11 is 0. The maximum atomic E-state index is 8.34. The molecule has 2 nitrogen and oxygen atoms in total. The summed E-state index contributed by atoms with van der Waals surface area (Å²) < 4.78 is 4.78. The molecule has 2 heteroatoms. The van der Waals surface area contributed by atoms with Gasteiger partial charge in [-0.3, -0.25) is 0 Å². The van der Waals surface area contributed by atoms with Crippen LogP contribution in [0.2, 0.25) is 0 Å². The van der Waals surface area contributed by atoms with E-state index in [1.807, 2.05) is 19.1 Å². The van der Waals surface area contributed by atoms with Crippen LogP contribution < -0.4 is 4.74 Å². The predicted molar refractivity (Wildman–Crippen MR) is 51.4 cm³/mol. The maximum absolute atomic E-state index is 8.34. The number of hydrogen-bond acceptors (Lipinski definition) is 2. The minimum absolute atomic E-state index is 0.655. The van der Waals surface area contributed by atoms with Gasteiger partial charge in [-0.2, -0.15) is 0 Å². The van der Waals surface area contributed by atoms with E-state index in [9.17, 15) is 0 Å². The molecule has 0 radical (unpaired) electrons. The average molecular weight is 175 g/mol. The highest BCUT2D eigenvalue weighted by molar-refractivity contribution is 5.36. The lowest BCUT2D eigenvalue weighted by atomic mass is 10.1. The molecule has 0 fully saturated rings. The second-order valence-corrected chi connectivity index (χ2v) is 3.04. The van der Waals surface area contributed by atoms with Crippen molar-refractivity contribution in [2.24, 2.45) is 0 Å². The van der Waals surface area contributed by atoms with E-state index in [1.54, 1.807) is 6.26 Å². The second-order valence-electron chi connectivity index (χ2n) is 3.04. The second kappa shape index (κ2) is 4.51. The first-order valence-electron chi connectivity index (χ1n) is 4.43. The minimum atomic E-state index is 0.655. The van der Waals surface area contributed by atoms with Gasteiger partial charge in [-0.1, -0.05) is 25.5 Å². The Bertz CT molecular complexity index is 325. The van der Waals surface area contributed by atoms with E-state index in [4.69, 9.17) is 10.00 Å². The molecule has 68 valence electrons. The Hall–Kier alpha value is -1.49. The largest absolute Gasteiger partial charge is 0.388 e. The quantitative estimate of drug-likeness (QED) is 0.662. The van der Waals surface area contributed by atoms with E-state index in [0.29, 0.717) is 5.75 Å². The van der Waals surface area contributed by atoms with Crippen LogP contribution in [0.5, 0.6) is 5.75 Å². The SMILES string of the molecule is CCCc1ccc(OC#N)c(C)c1. The first-order valence-corrected chi connectivity index (χ1v) is 4.43. The molecule has 1 rings (SSSR count). The standard InChI is InChI=1S/C11H13NO/c1-3-4-10-5-6-11(13-8-12)9(2)7-10/h5-7H,3-4H2,1-2H3. The summed E-state index contributed by atoms with van der Waals surface area (Å²) in [6.07, 6.45) is 3.89. The third kappa shape index (κ3) is 2.48. The van der Waals surface area contributed by atoms with Gasteiger partial charge in [0.25, 0.3) is 6.26 Å². The molecule has 0 atom stereocenters. The third-order valence-electron chi connectivity index (χ3n) is 1.93. The van der Waals surface area contributed by atoms with Crippen molar-refractivity contribution in [1.82, 2.24) is 0 Å². The number of hydrogen-bond donors (Lipinski definition) is 0. The fraction of sp³-hybridized carbons (Fsp3) is 0.364. The normalized spacial score (nSPS) is 9.31. The first-order chi connectivity index (χ1) is 6.27. The van der Waals surface area contributed by atoms with Crippen LogP contribution in [0.1, 0.15) is 24.5 Å². The average Bonchev–Trinajstić information content (AvgIpc) is 2.10. The lowest BCUT2D eigenvalue weighted by Crippen LogP contribution is -1.89. The van der Waals surface area contributed by atoms with Crippen LogP contribution in [0.3, 0.4) is 0 Å². The zero-order valence-corrected chi connectivity index (χ0v) is 8.00. The molecule has 13 heavy (non-hydrogen) atoms. The summed E-state index contributed by atoms with van der Waals surface area (Å²) in [6.45, 7) is 4.10. The van der Waals surface area contributed by atoms with Crippen LogP contribution in [-0.4, -0.2) is 0 Å². The van der Waals surface area contributed by atoms with Gasteiger partial charge in [0.2, 0.25) is 0 Å². The molecular weight excluding hydrogens is 162 g/mol. The van der Waals surface area contributed by atoms with Gasteiger partial charge < -0.3 is 4.74 Å². The van der Waals surface area contributed by atoms with E-state index in [0.717, 1.165) is 18.4 Å². The van der Waals surface area contributed by atoms with Gasteiger partial charge in [0.05, 0.1) is 0 Å². The maximum Gasteiger partial charge on any atom is 0.292 e. The van der Waals surface area contributed by atoms with Crippen molar-refractivity contribution in [2.75, 3.05) is 0 Å². The van der Waals surface area contributed by atoms with Crippen molar-refractivity contribution < 1.29 is 4.74 Å². The summed E-state index contributed by atoms with van der Waals surface area (Å²) in [5, 5.41) is 8.34. The summed E-state index contributed by atoms with van der Waals surface area (Å²) in [5.74, 6) is 0.655. The summed E-state index contributed by atoms with van der Waals surface area (Å²) in [5.41, 5.74) is 2.32. The molecular formula is C11H13NO. The van der Waals surface area contributed by atoms with Gasteiger partial charge in [0.1, 0.15) is 5.75 Å². The van der Waals surface area contributed by atoms with Crippen LogP contribution in [0.25, 0.3) is 0 Å². The smallest absolute Gasteiger partial charge is 0.292 e. The van der Waals surface area contributed by atoms with E-state index in [1.165, 1.54) is 5.56 Å².